The van der Waals surface area contributed by atoms with Crippen LogP contribution in [-0.4, -0.2) is 12.6 Å². The number of hydrogen-bond acceptors (Lipinski definition) is 1. The number of fused-ring (bicyclic) bond motifs is 1. The van der Waals surface area contributed by atoms with Gasteiger partial charge >= 0.3 is 0 Å². The van der Waals surface area contributed by atoms with Crippen molar-refractivity contribution < 1.29 is 0 Å². The van der Waals surface area contributed by atoms with Crippen LogP contribution < -0.4 is 5.32 Å². The first-order chi connectivity index (χ1) is 5.84. The summed E-state index contributed by atoms with van der Waals surface area (Å²) < 4.78 is 0. The average molecular weight is 167 g/mol. The van der Waals surface area contributed by atoms with Gasteiger partial charge in [-0.05, 0) is 50.5 Å². The van der Waals surface area contributed by atoms with E-state index in [1.165, 1.54) is 32.2 Å². The van der Waals surface area contributed by atoms with Gasteiger partial charge in [-0.25, -0.2) is 0 Å². The minimum absolute atomic E-state index is 0.792. The zero-order valence-corrected chi connectivity index (χ0v) is 8.34. The minimum Gasteiger partial charge on any atom is -0.314 e. The summed E-state index contributed by atoms with van der Waals surface area (Å²) in [5, 5.41) is 3.62. The number of hydrogen-bond donors (Lipinski definition) is 1. The molecule has 3 unspecified atom stereocenters. The number of nitrogens with one attached hydrogen (secondary N) is 1. The van der Waals surface area contributed by atoms with Gasteiger partial charge in [0, 0.05) is 6.04 Å². The van der Waals surface area contributed by atoms with Crippen LogP contribution in [0.2, 0.25) is 0 Å². The second-order valence-corrected chi connectivity index (χ2v) is 4.58. The van der Waals surface area contributed by atoms with Crippen molar-refractivity contribution in [1.82, 2.24) is 5.32 Å². The van der Waals surface area contributed by atoms with E-state index >= 15 is 0 Å². The summed E-state index contributed by atoms with van der Waals surface area (Å²) in [5.74, 6) is 3.28. The van der Waals surface area contributed by atoms with Gasteiger partial charge in [0.15, 0.2) is 0 Å². The molecular formula is C11H21N. The second kappa shape index (κ2) is 3.37. The molecule has 2 fully saturated rings. The predicted octanol–water partition coefficient (Wildman–Crippen LogP) is 2.42. The van der Waals surface area contributed by atoms with E-state index < -0.39 is 0 Å². The lowest BCUT2D eigenvalue weighted by Crippen LogP contribution is -2.30. The summed E-state index contributed by atoms with van der Waals surface area (Å²) >= 11 is 0. The summed E-state index contributed by atoms with van der Waals surface area (Å²) in [4.78, 5) is 0. The van der Waals surface area contributed by atoms with E-state index in [4.69, 9.17) is 0 Å². The van der Waals surface area contributed by atoms with Gasteiger partial charge in [0.05, 0.1) is 0 Å². The van der Waals surface area contributed by atoms with E-state index in [0.29, 0.717) is 0 Å². The standard InChI is InChI=1S/C11H21N/c1-3-7-12-8(2)11-9-5-4-6-10(9)11/h8-12H,3-7H2,1-2H3. The van der Waals surface area contributed by atoms with E-state index in [1.54, 1.807) is 0 Å². The van der Waals surface area contributed by atoms with Gasteiger partial charge < -0.3 is 5.32 Å². The van der Waals surface area contributed by atoms with Gasteiger partial charge in [0.1, 0.15) is 0 Å². The van der Waals surface area contributed by atoms with Gasteiger partial charge in [-0.15, -0.1) is 0 Å². The maximum Gasteiger partial charge on any atom is 0.00724 e. The Balaban J connectivity index is 1.72. The van der Waals surface area contributed by atoms with Gasteiger partial charge in [-0.3, -0.25) is 0 Å². The number of rotatable bonds is 4. The van der Waals surface area contributed by atoms with Crippen LogP contribution in [-0.2, 0) is 0 Å². The molecule has 0 aromatic rings. The molecule has 0 aromatic heterocycles. The van der Waals surface area contributed by atoms with Crippen molar-refractivity contribution in [2.24, 2.45) is 17.8 Å². The van der Waals surface area contributed by atoms with Crippen LogP contribution in [0.4, 0.5) is 0 Å². The Morgan fingerprint density at radius 2 is 2.00 bits per heavy atom. The first kappa shape index (κ1) is 8.55. The zero-order chi connectivity index (χ0) is 8.55. The molecule has 0 amide bonds. The second-order valence-electron chi connectivity index (χ2n) is 4.58. The fourth-order valence-corrected chi connectivity index (χ4v) is 3.13. The molecular weight excluding hydrogens is 146 g/mol. The Morgan fingerprint density at radius 1 is 1.33 bits per heavy atom. The lowest BCUT2D eigenvalue weighted by Gasteiger charge is -2.14. The summed E-state index contributed by atoms with van der Waals surface area (Å²) in [6.45, 7) is 5.82. The molecule has 1 nitrogen and oxygen atoms in total. The molecule has 12 heavy (non-hydrogen) atoms. The van der Waals surface area contributed by atoms with Crippen molar-refractivity contribution in [3.63, 3.8) is 0 Å². The molecule has 3 atom stereocenters. The first-order valence-electron chi connectivity index (χ1n) is 5.58. The summed E-state index contributed by atoms with van der Waals surface area (Å²) in [6.07, 6.45) is 5.82. The normalized spacial score (nSPS) is 41.0. The molecule has 2 saturated carbocycles. The fourth-order valence-electron chi connectivity index (χ4n) is 3.13. The lowest BCUT2D eigenvalue weighted by atomic mass is 10.1. The van der Waals surface area contributed by atoms with Crippen molar-refractivity contribution in [1.29, 1.82) is 0 Å². The van der Waals surface area contributed by atoms with E-state index in [2.05, 4.69) is 19.2 Å². The molecule has 0 heterocycles. The van der Waals surface area contributed by atoms with Crippen LogP contribution in [0.1, 0.15) is 39.5 Å². The Kier molecular flexibility index (Phi) is 2.40. The molecule has 0 bridgehead atoms. The van der Waals surface area contributed by atoms with Gasteiger partial charge in [-0.1, -0.05) is 13.3 Å². The SMILES string of the molecule is CCCNC(C)C1C2CCCC21. The van der Waals surface area contributed by atoms with Crippen LogP contribution in [0.25, 0.3) is 0 Å². The van der Waals surface area contributed by atoms with Crippen LogP contribution >= 0.6 is 0 Å². The van der Waals surface area contributed by atoms with Crippen molar-refractivity contribution in [3.8, 4) is 0 Å². The first-order valence-corrected chi connectivity index (χ1v) is 5.58. The summed E-state index contributed by atoms with van der Waals surface area (Å²) in [5.41, 5.74) is 0. The maximum atomic E-state index is 3.62. The molecule has 0 aromatic carbocycles. The molecule has 0 saturated heterocycles. The van der Waals surface area contributed by atoms with E-state index in [-0.39, 0.29) is 0 Å². The Bertz CT molecular complexity index is 145. The molecule has 70 valence electrons. The summed E-state index contributed by atoms with van der Waals surface area (Å²) in [6, 6.07) is 0.792. The average Bonchev–Trinajstić information content (AvgIpc) is 2.56. The molecule has 0 aliphatic heterocycles. The van der Waals surface area contributed by atoms with Crippen LogP contribution in [0.15, 0.2) is 0 Å². The smallest absolute Gasteiger partial charge is 0.00724 e. The Hall–Kier alpha value is -0.0400. The van der Waals surface area contributed by atoms with Crippen LogP contribution in [0.5, 0.6) is 0 Å². The topological polar surface area (TPSA) is 12.0 Å². The molecule has 2 rings (SSSR count). The van der Waals surface area contributed by atoms with Crippen molar-refractivity contribution in [2.75, 3.05) is 6.54 Å². The van der Waals surface area contributed by atoms with E-state index in [0.717, 1.165) is 23.8 Å². The van der Waals surface area contributed by atoms with Crippen molar-refractivity contribution >= 4 is 0 Å². The fraction of sp³-hybridized carbons (Fsp3) is 1.00. The highest BCUT2D eigenvalue weighted by molar-refractivity contribution is 5.04. The summed E-state index contributed by atoms with van der Waals surface area (Å²) in [7, 11) is 0. The van der Waals surface area contributed by atoms with Crippen LogP contribution in [0, 0.1) is 17.8 Å². The lowest BCUT2D eigenvalue weighted by molar-refractivity contribution is 0.431. The molecule has 2 aliphatic carbocycles. The maximum absolute atomic E-state index is 3.62. The molecule has 0 spiro atoms. The Labute approximate surface area is 75.9 Å². The monoisotopic (exact) mass is 167 g/mol. The third kappa shape index (κ3) is 1.39. The molecule has 1 heteroatoms. The quantitative estimate of drug-likeness (QED) is 0.678. The largest absolute Gasteiger partial charge is 0.314 e. The van der Waals surface area contributed by atoms with E-state index in [1.807, 2.05) is 0 Å². The minimum atomic E-state index is 0.792. The highest BCUT2D eigenvalue weighted by atomic mass is 14.9. The predicted molar refractivity (Wildman–Crippen MR) is 52.1 cm³/mol. The highest BCUT2D eigenvalue weighted by Crippen LogP contribution is 2.58. The third-order valence-corrected chi connectivity index (χ3v) is 3.77. The van der Waals surface area contributed by atoms with Crippen molar-refractivity contribution in [3.05, 3.63) is 0 Å². The molecule has 0 radical (unpaired) electrons. The molecule has 1 N–H and O–H groups in total. The van der Waals surface area contributed by atoms with Crippen molar-refractivity contribution in [2.45, 2.75) is 45.6 Å². The van der Waals surface area contributed by atoms with Gasteiger partial charge in [0.2, 0.25) is 0 Å². The highest BCUT2D eigenvalue weighted by Gasteiger charge is 2.54. The molecule has 2 aliphatic rings. The third-order valence-electron chi connectivity index (χ3n) is 3.77. The van der Waals surface area contributed by atoms with Gasteiger partial charge in [-0.2, -0.15) is 0 Å². The van der Waals surface area contributed by atoms with Crippen LogP contribution in [0.3, 0.4) is 0 Å². The Morgan fingerprint density at radius 3 is 2.58 bits per heavy atom. The van der Waals surface area contributed by atoms with Gasteiger partial charge in [0.25, 0.3) is 0 Å². The van der Waals surface area contributed by atoms with E-state index in [9.17, 15) is 0 Å². The zero-order valence-electron chi connectivity index (χ0n) is 8.34.